The molecule has 0 aliphatic heterocycles. The van der Waals surface area contributed by atoms with Crippen LogP contribution in [0.5, 0.6) is 0 Å². The van der Waals surface area contributed by atoms with Gasteiger partial charge in [0.25, 0.3) is 0 Å². The molecule has 0 aromatic heterocycles. The molecule has 0 atom stereocenters. The minimum absolute atomic E-state index is 0.0648. The van der Waals surface area contributed by atoms with Crippen LogP contribution in [0.25, 0.3) is 0 Å². The number of esters is 1. The van der Waals surface area contributed by atoms with Crippen LogP contribution in [0.15, 0.2) is 0 Å². The molecule has 0 saturated heterocycles. The third-order valence-electron chi connectivity index (χ3n) is 1.01. The van der Waals surface area contributed by atoms with Gasteiger partial charge in [0, 0.05) is 0 Å². The second kappa shape index (κ2) is 3.88. The van der Waals surface area contributed by atoms with Gasteiger partial charge in [0.15, 0.2) is 0 Å². The Morgan fingerprint density at radius 3 is 1.64 bits per heavy atom. The van der Waals surface area contributed by atoms with Crippen molar-refractivity contribution >= 4 is 54.9 Å². The summed E-state index contributed by atoms with van der Waals surface area (Å²) in [5.74, 6) is -0.0648. The fourth-order valence-electron chi connectivity index (χ4n) is 0.431. The van der Waals surface area contributed by atoms with Gasteiger partial charge in [-0.05, 0) is 0 Å². The summed E-state index contributed by atoms with van der Waals surface area (Å²) < 4.78 is 5.00. The first kappa shape index (κ1) is 12.1. The van der Waals surface area contributed by atoms with Gasteiger partial charge in [-0.2, -0.15) is 0 Å². The second-order valence-corrected chi connectivity index (χ2v) is 8.66. The summed E-state index contributed by atoms with van der Waals surface area (Å²) in [6.45, 7) is 9.54. The number of hydrogen-bond donors (Lipinski definition) is 0. The van der Waals surface area contributed by atoms with Crippen LogP contribution in [0.4, 0.5) is 0 Å². The van der Waals surface area contributed by atoms with Gasteiger partial charge in [-0.25, -0.2) is 0 Å². The molecular weight excluding hydrogens is 167 g/mol. The Kier molecular flexibility index (Phi) is 4.27. The zero-order valence-corrected chi connectivity index (χ0v) is 11.4. The van der Waals surface area contributed by atoms with E-state index in [1.807, 2.05) is 34.6 Å². The van der Waals surface area contributed by atoms with E-state index in [9.17, 15) is 4.79 Å². The Bertz CT molecular complexity index is 150. The average molecular weight is 182 g/mol. The topological polar surface area (TPSA) is 26.3 Å². The van der Waals surface area contributed by atoms with Crippen LogP contribution in [0.1, 0.15) is 34.6 Å². The van der Waals surface area contributed by atoms with Crippen molar-refractivity contribution in [3.8, 4) is 0 Å². The number of carbonyl (C=O) groups is 1. The van der Waals surface area contributed by atoms with Crippen molar-refractivity contribution in [3.63, 3.8) is 0 Å². The number of hydrogen-bond acceptors (Lipinski definition) is 2. The van der Waals surface area contributed by atoms with Crippen molar-refractivity contribution < 1.29 is 9.53 Å². The van der Waals surface area contributed by atoms with Crippen LogP contribution in [0, 0.1) is 0 Å². The van der Waals surface area contributed by atoms with E-state index in [4.69, 9.17) is 4.74 Å². The molecule has 0 unspecified atom stereocenters. The van der Waals surface area contributed by atoms with Gasteiger partial charge in [0.2, 0.25) is 0 Å². The monoisotopic (exact) mass is 182 g/mol. The summed E-state index contributed by atoms with van der Waals surface area (Å²) >= 11 is 0.475. The maximum absolute atomic E-state index is 11.3. The molecule has 0 spiro atoms. The van der Waals surface area contributed by atoms with Gasteiger partial charge in [-0.3, -0.25) is 0 Å². The molecule has 0 amide bonds. The summed E-state index contributed by atoms with van der Waals surface area (Å²) in [6, 6.07) is 0. The maximum atomic E-state index is 11.3. The van der Waals surface area contributed by atoms with Gasteiger partial charge in [-0.15, -0.1) is 0 Å². The Balaban J connectivity index is 4.11. The van der Waals surface area contributed by atoms with Gasteiger partial charge in [0.1, 0.15) is 0 Å². The standard InChI is InChI=1S/C8H15O2.K/c1-6(2)7(9)10-8(3,4)5;/h1-5H3;. The van der Waals surface area contributed by atoms with E-state index in [1.165, 1.54) is 0 Å². The summed E-state index contributed by atoms with van der Waals surface area (Å²) in [7, 11) is 0. The van der Waals surface area contributed by atoms with E-state index in [1.54, 1.807) is 0 Å². The van der Waals surface area contributed by atoms with Gasteiger partial charge in [-0.1, -0.05) is 0 Å². The molecule has 3 heteroatoms. The number of rotatable bonds is 1. The molecule has 0 rings (SSSR count). The zero-order valence-electron chi connectivity index (χ0n) is 8.32. The third-order valence-corrected chi connectivity index (χ3v) is 1.65. The van der Waals surface area contributed by atoms with Crippen molar-refractivity contribution in [2.45, 2.75) is 39.7 Å². The molecule has 0 radical (unpaired) electrons. The first-order chi connectivity index (χ1) is 4.63. The Morgan fingerprint density at radius 1 is 1.18 bits per heavy atom. The molecule has 2 nitrogen and oxygen atoms in total. The average Bonchev–Trinajstić information content (AvgIpc) is 1.56. The van der Waals surface area contributed by atoms with E-state index in [2.05, 4.69) is 0 Å². The van der Waals surface area contributed by atoms with Crippen LogP contribution in [-0.4, -0.2) is 60.5 Å². The summed E-state index contributed by atoms with van der Waals surface area (Å²) in [6.07, 6.45) is 0. The Morgan fingerprint density at radius 2 is 1.55 bits per heavy atom. The fourth-order valence-corrected chi connectivity index (χ4v) is 0.591. The summed E-state index contributed by atoms with van der Waals surface area (Å²) in [5.41, 5.74) is -0.341. The van der Waals surface area contributed by atoms with Crippen molar-refractivity contribution in [1.29, 1.82) is 0 Å². The van der Waals surface area contributed by atoms with Crippen LogP contribution >= 0.6 is 0 Å². The van der Waals surface area contributed by atoms with Crippen molar-refractivity contribution in [2.75, 3.05) is 0 Å². The first-order valence-corrected chi connectivity index (χ1v) is 5.42. The predicted molar refractivity (Wildman–Crippen MR) is 45.6 cm³/mol. The van der Waals surface area contributed by atoms with Crippen LogP contribution in [-0.2, 0) is 9.53 Å². The van der Waals surface area contributed by atoms with E-state index >= 15 is 0 Å². The van der Waals surface area contributed by atoms with Crippen molar-refractivity contribution in [3.05, 3.63) is 0 Å². The van der Waals surface area contributed by atoms with Gasteiger partial charge >= 0.3 is 104 Å². The molecule has 0 N–H and O–H groups in total. The van der Waals surface area contributed by atoms with Crippen molar-refractivity contribution in [2.24, 2.45) is 0 Å². The summed E-state index contributed by atoms with van der Waals surface area (Å²) in [5, 5.41) is 0. The molecule has 0 fully saturated rings. The van der Waals surface area contributed by atoms with Gasteiger partial charge in [0.05, 0.1) is 0 Å². The normalized spacial score (nSPS) is 13.0. The first-order valence-electron chi connectivity index (χ1n) is 3.86. The molecule has 0 aromatic carbocycles. The number of ether oxygens (including phenoxy) is 1. The summed E-state index contributed by atoms with van der Waals surface area (Å²) in [4.78, 5) is 11.3. The van der Waals surface area contributed by atoms with Gasteiger partial charge < -0.3 is 0 Å². The fraction of sp³-hybridized carbons (Fsp3) is 0.875. The van der Waals surface area contributed by atoms with Crippen molar-refractivity contribution in [1.82, 2.24) is 0 Å². The predicted octanol–water partition coefficient (Wildman–Crippen LogP) is 1.70. The van der Waals surface area contributed by atoms with E-state index in [0.717, 1.165) is 0 Å². The van der Waals surface area contributed by atoms with Crippen LogP contribution < -0.4 is 0 Å². The Labute approximate surface area is 103 Å². The molecule has 11 heavy (non-hydrogen) atoms. The SMILES string of the molecule is CC(C)(C)OC(=O)[C](C)(C)[K]. The molecule has 0 heterocycles. The quantitative estimate of drug-likeness (QED) is 0.456. The molecule has 0 saturated carbocycles. The van der Waals surface area contributed by atoms with Crippen LogP contribution in [0.3, 0.4) is 0 Å². The molecule has 0 aliphatic carbocycles. The molecule has 0 aromatic rings. The molecule has 0 aliphatic rings. The van der Waals surface area contributed by atoms with E-state index < -0.39 is 0 Å². The minimum atomic E-state index is -0.341. The number of carbonyl (C=O) groups excluding carboxylic acids is 1. The van der Waals surface area contributed by atoms with E-state index in [-0.39, 0.29) is 11.1 Å². The van der Waals surface area contributed by atoms with E-state index in [0.29, 0.717) is 49.0 Å². The molecule has 60 valence electrons. The third kappa shape index (κ3) is 6.28. The Hall–Kier alpha value is 1.11. The molecule has 0 bridgehead atoms. The second-order valence-electron chi connectivity index (χ2n) is 4.75. The van der Waals surface area contributed by atoms with Crippen LogP contribution in [0.2, 0.25) is -0.490 Å². The molecular formula is C8H15KO2. The zero-order chi connectivity index (χ0) is 9.28.